The second kappa shape index (κ2) is 8.03. The number of rotatable bonds is 5. The number of aromatic nitrogens is 2. The molecule has 1 aromatic heterocycles. The Morgan fingerprint density at radius 2 is 2.08 bits per heavy atom. The van der Waals surface area contributed by atoms with Crippen molar-refractivity contribution >= 4 is 17.4 Å². The zero-order valence-corrected chi connectivity index (χ0v) is 15.4. The van der Waals surface area contributed by atoms with Gasteiger partial charge < -0.3 is 19.7 Å². The lowest BCUT2D eigenvalue weighted by Crippen LogP contribution is -2.35. The van der Waals surface area contributed by atoms with E-state index in [0.29, 0.717) is 28.8 Å². The Morgan fingerprint density at radius 3 is 2.81 bits per heavy atom. The number of hydrogen-bond acceptors (Lipinski definition) is 6. The molecule has 1 saturated heterocycles. The predicted molar refractivity (Wildman–Crippen MR) is 100 cm³/mol. The Bertz CT molecular complexity index is 781. The first kappa shape index (κ1) is 18.0. The summed E-state index contributed by atoms with van der Waals surface area (Å²) in [5.41, 5.74) is 0.849. The molecule has 1 amide bonds. The van der Waals surface area contributed by atoms with E-state index in [2.05, 4.69) is 27.1 Å². The molecule has 1 atom stereocenters. The molecule has 2 heterocycles. The molecule has 1 aliphatic heterocycles. The molecule has 1 aliphatic rings. The molecule has 1 aromatic carbocycles. The van der Waals surface area contributed by atoms with Crippen LogP contribution in [-0.2, 0) is 0 Å². The number of benzene rings is 1. The molecule has 7 nitrogen and oxygen atoms in total. The number of anilines is 2. The zero-order chi connectivity index (χ0) is 18.5. The van der Waals surface area contributed by atoms with Gasteiger partial charge in [0, 0.05) is 25.2 Å². The zero-order valence-electron chi connectivity index (χ0n) is 15.4. The third kappa shape index (κ3) is 4.04. The van der Waals surface area contributed by atoms with Crippen LogP contribution in [0.3, 0.4) is 0 Å². The van der Waals surface area contributed by atoms with Crippen molar-refractivity contribution in [2.24, 2.45) is 5.92 Å². The van der Waals surface area contributed by atoms with E-state index in [0.717, 1.165) is 25.3 Å². The Kier molecular flexibility index (Phi) is 5.55. The van der Waals surface area contributed by atoms with Crippen LogP contribution in [0, 0.1) is 5.92 Å². The largest absolute Gasteiger partial charge is 0.497 e. The second-order valence-corrected chi connectivity index (χ2v) is 6.48. The second-order valence-electron chi connectivity index (χ2n) is 6.48. The molecule has 3 rings (SSSR count). The minimum Gasteiger partial charge on any atom is -0.497 e. The van der Waals surface area contributed by atoms with Crippen LogP contribution in [0.2, 0.25) is 0 Å². The van der Waals surface area contributed by atoms with Gasteiger partial charge in [-0.25, -0.2) is 9.97 Å². The SMILES string of the molecule is COc1ccc(OC)c(NC(=O)c2cc(N3CCCC(C)C3)ncn2)c1. The molecule has 26 heavy (non-hydrogen) atoms. The fourth-order valence-corrected chi connectivity index (χ4v) is 3.14. The lowest BCUT2D eigenvalue weighted by atomic mass is 10.0. The number of hydrogen-bond donors (Lipinski definition) is 1. The minimum absolute atomic E-state index is 0.315. The first-order valence-electron chi connectivity index (χ1n) is 8.71. The predicted octanol–water partition coefficient (Wildman–Crippen LogP) is 2.98. The highest BCUT2D eigenvalue weighted by Crippen LogP contribution is 2.29. The fraction of sp³-hybridized carbons (Fsp3) is 0.421. The van der Waals surface area contributed by atoms with Crippen molar-refractivity contribution in [1.29, 1.82) is 0 Å². The highest BCUT2D eigenvalue weighted by Gasteiger charge is 2.19. The number of amides is 1. The topological polar surface area (TPSA) is 76.6 Å². The van der Waals surface area contributed by atoms with Crippen molar-refractivity contribution in [3.63, 3.8) is 0 Å². The molecule has 0 aliphatic carbocycles. The molecular weight excluding hydrogens is 332 g/mol. The fourth-order valence-electron chi connectivity index (χ4n) is 3.14. The maximum absolute atomic E-state index is 12.7. The normalized spacial score (nSPS) is 16.9. The summed E-state index contributed by atoms with van der Waals surface area (Å²) in [6, 6.07) is 6.97. The van der Waals surface area contributed by atoms with E-state index < -0.39 is 0 Å². The monoisotopic (exact) mass is 356 g/mol. The van der Waals surface area contributed by atoms with Crippen LogP contribution in [0.15, 0.2) is 30.6 Å². The Morgan fingerprint density at radius 1 is 1.23 bits per heavy atom. The number of carbonyl (C=O) groups excluding carboxylic acids is 1. The Hall–Kier alpha value is -2.83. The van der Waals surface area contributed by atoms with Gasteiger partial charge in [-0.2, -0.15) is 0 Å². The van der Waals surface area contributed by atoms with Gasteiger partial charge in [-0.15, -0.1) is 0 Å². The van der Waals surface area contributed by atoms with Crippen LogP contribution in [0.25, 0.3) is 0 Å². The molecule has 2 aromatic rings. The summed E-state index contributed by atoms with van der Waals surface area (Å²) in [6.45, 7) is 4.13. The number of ether oxygens (including phenoxy) is 2. The molecule has 0 radical (unpaired) electrons. The van der Waals surface area contributed by atoms with E-state index in [1.165, 1.54) is 12.7 Å². The average Bonchev–Trinajstić information content (AvgIpc) is 2.68. The summed E-state index contributed by atoms with van der Waals surface area (Å²) in [6.07, 6.45) is 3.80. The number of nitrogens with one attached hydrogen (secondary N) is 1. The van der Waals surface area contributed by atoms with Gasteiger partial charge in [-0.3, -0.25) is 4.79 Å². The lowest BCUT2D eigenvalue weighted by molar-refractivity contribution is 0.102. The number of piperidine rings is 1. The van der Waals surface area contributed by atoms with Crippen molar-refractivity contribution < 1.29 is 14.3 Å². The molecule has 1 fully saturated rings. The lowest BCUT2D eigenvalue weighted by Gasteiger charge is -2.31. The van der Waals surface area contributed by atoms with Gasteiger partial charge in [0.2, 0.25) is 0 Å². The third-order valence-corrected chi connectivity index (χ3v) is 4.52. The molecule has 1 N–H and O–H groups in total. The maximum Gasteiger partial charge on any atom is 0.274 e. The van der Waals surface area contributed by atoms with Crippen molar-refractivity contribution in [3.05, 3.63) is 36.3 Å². The molecule has 0 bridgehead atoms. The molecule has 7 heteroatoms. The van der Waals surface area contributed by atoms with E-state index in [4.69, 9.17) is 9.47 Å². The third-order valence-electron chi connectivity index (χ3n) is 4.52. The van der Waals surface area contributed by atoms with Crippen LogP contribution in [-0.4, -0.2) is 43.2 Å². The molecular formula is C19H24N4O3. The summed E-state index contributed by atoms with van der Waals surface area (Å²) in [7, 11) is 3.13. The van der Waals surface area contributed by atoms with Crippen LogP contribution >= 0.6 is 0 Å². The summed E-state index contributed by atoms with van der Waals surface area (Å²) in [4.78, 5) is 23.3. The Balaban J connectivity index is 1.79. The van der Waals surface area contributed by atoms with Crippen LogP contribution in [0.1, 0.15) is 30.3 Å². The average molecular weight is 356 g/mol. The Labute approximate surface area is 153 Å². The quantitative estimate of drug-likeness (QED) is 0.887. The van der Waals surface area contributed by atoms with Crippen molar-refractivity contribution in [2.45, 2.75) is 19.8 Å². The standard InChI is InChI=1S/C19H24N4O3/c1-13-5-4-8-23(11-13)18-10-16(20-12-21-18)19(24)22-15-9-14(25-2)6-7-17(15)26-3/h6-7,9-10,12-13H,4-5,8,11H2,1-3H3,(H,22,24). The van der Waals surface area contributed by atoms with E-state index in [-0.39, 0.29) is 5.91 Å². The molecule has 0 spiro atoms. The minimum atomic E-state index is -0.315. The number of carbonyl (C=O) groups is 1. The van der Waals surface area contributed by atoms with Crippen LogP contribution in [0.4, 0.5) is 11.5 Å². The highest BCUT2D eigenvalue weighted by molar-refractivity contribution is 6.04. The van der Waals surface area contributed by atoms with E-state index in [1.807, 2.05) is 0 Å². The van der Waals surface area contributed by atoms with Gasteiger partial charge in [0.1, 0.15) is 29.3 Å². The number of nitrogens with zero attached hydrogens (tertiary/aromatic N) is 3. The van der Waals surface area contributed by atoms with Crippen LogP contribution in [0.5, 0.6) is 11.5 Å². The van der Waals surface area contributed by atoms with Crippen molar-refractivity contribution in [1.82, 2.24) is 9.97 Å². The van der Waals surface area contributed by atoms with Crippen molar-refractivity contribution in [2.75, 3.05) is 37.5 Å². The van der Waals surface area contributed by atoms with E-state index in [9.17, 15) is 4.79 Å². The van der Waals surface area contributed by atoms with Gasteiger partial charge in [0.15, 0.2) is 0 Å². The van der Waals surface area contributed by atoms with Crippen LogP contribution < -0.4 is 19.7 Å². The van der Waals surface area contributed by atoms with Gasteiger partial charge in [0.05, 0.1) is 19.9 Å². The maximum atomic E-state index is 12.7. The van der Waals surface area contributed by atoms with Gasteiger partial charge >= 0.3 is 0 Å². The van der Waals surface area contributed by atoms with Gasteiger partial charge in [0.25, 0.3) is 5.91 Å². The van der Waals surface area contributed by atoms with E-state index in [1.54, 1.807) is 38.5 Å². The van der Waals surface area contributed by atoms with Crippen molar-refractivity contribution in [3.8, 4) is 11.5 Å². The molecule has 1 unspecified atom stereocenters. The first-order valence-corrected chi connectivity index (χ1v) is 8.71. The summed E-state index contributed by atoms with van der Waals surface area (Å²) in [5.74, 6) is 2.28. The summed E-state index contributed by atoms with van der Waals surface area (Å²) < 4.78 is 10.5. The molecule has 138 valence electrons. The number of methoxy groups -OCH3 is 2. The van der Waals surface area contributed by atoms with Gasteiger partial charge in [-0.1, -0.05) is 6.92 Å². The molecule has 0 saturated carbocycles. The highest BCUT2D eigenvalue weighted by atomic mass is 16.5. The summed E-state index contributed by atoms with van der Waals surface area (Å²) in [5, 5.41) is 2.84. The van der Waals surface area contributed by atoms with Gasteiger partial charge in [-0.05, 0) is 30.9 Å². The smallest absolute Gasteiger partial charge is 0.274 e. The first-order chi connectivity index (χ1) is 12.6. The van der Waals surface area contributed by atoms with E-state index >= 15 is 0 Å². The summed E-state index contributed by atoms with van der Waals surface area (Å²) >= 11 is 0.